The van der Waals surface area contributed by atoms with Gasteiger partial charge >= 0.3 is 0 Å². The summed E-state index contributed by atoms with van der Waals surface area (Å²) in [6.45, 7) is 13.0. The van der Waals surface area contributed by atoms with Crippen molar-refractivity contribution in [1.29, 1.82) is 0 Å². The van der Waals surface area contributed by atoms with E-state index in [1.807, 2.05) is 0 Å². The van der Waals surface area contributed by atoms with Gasteiger partial charge in [0, 0.05) is 11.8 Å². The molecular formula is C30H48O2. The van der Waals surface area contributed by atoms with Crippen LogP contribution in [0.2, 0.25) is 0 Å². The van der Waals surface area contributed by atoms with Crippen molar-refractivity contribution in [2.24, 2.45) is 23.7 Å². The van der Waals surface area contributed by atoms with E-state index in [4.69, 9.17) is 0 Å². The third kappa shape index (κ3) is 8.50. The van der Waals surface area contributed by atoms with Crippen LogP contribution in [0.1, 0.15) is 106 Å². The summed E-state index contributed by atoms with van der Waals surface area (Å²) in [5.41, 5.74) is 5.46. The zero-order valence-corrected chi connectivity index (χ0v) is 21.6. The van der Waals surface area contributed by atoms with E-state index in [1.54, 1.807) is 0 Å². The van der Waals surface area contributed by atoms with Gasteiger partial charge < -0.3 is 5.11 Å². The number of hydrogen-bond acceptors (Lipinski definition) is 2. The van der Waals surface area contributed by atoms with Gasteiger partial charge in [-0.1, -0.05) is 53.0 Å². The predicted molar refractivity (Wildman–Crippen MR) is 138 cm³/mol. The SMILES string of the molecule is CC(C)=CCC/C(C)=C/CC1CCC(C(CC=C(C)C)/C(C)=C/CC2CCCC2O)C1=O. The monoisotopic (exact) mass is 440 g/mol. The number of carbonyl (C=O) groups excluding carboxylic acids is 1. The van der Waals surface area contributed by atoms with Crippen LogP contribution in [0, 0.1) is 23.7 Å². The summed E-state index contributed by atoms with van der Waals surface area (Å²) in [4.78, 5) is 13.4. The van der Waals surface area contributed by atoms with E-state index in [0.717, 1.165) is 64.2 Å². The van der Waals surface area contributed by atoms with Gasteiger partial charge in [0.25, 0.3) is 0 Å². The van der Waals surface area contributed by atoms with Crippen molar-refractivity contribution in [3.63, 3.8) is 0 Å². The van der Waals surface area contributed by atoms with Gasteiger partial charge in [0.1, 0.15) is 5.78 Å². The topological polar surface area (TPSA) is 37.3 Å². The zero-order valence-electron chi connectivity index (χ0n) is 21.6. The number of Topliss-reactive ketones (excluding diaryl/α,β-unsaturated/α-hetero) is 1. The van der Waals surface area contributed by atoms with Gasteiger partial charge in [0.15, 0.2) is 0 Å². The fourth-order valence-electron chi connectivity index (χ4n) is 5.45. The number of ketones is 1. The van der Waals surface area contributed by atoms with Crippen molar-refractivity contribution >= 4 is 5.78 Å². The van der Waals surface area contributed by atoms with Gasteiger partial charge in [-0.15, -0.1) is 0 Å². The molecule has 0 amide bonds. The summed E-state index contributed by atoms with van der Waals surface area (Å²) in [7, 11) is 0. The molecule has 2 saturated carbocycles. The Labute approximate surface area is 198 Å². The molecule has 0 aliphatic heterocycles. The van der Waals surface area contributed by atoms with Crippen LogP contribution in [-0.2, 0) is 4.79 Å². The van der Waals surface area contributed by atoms with Crippen molar-refractivity contribution in [2.45, 2.75) is 112 Å². The van der Waals surface area contributed by atoms with Gasteiger partial charge in [-0.05, 0) is 111 Å². The van der Waals surface area contributed by atoms with Crippen molar-refractivity contribution in [3.8, 4) is 0 Å². The molecule has 5 unspecified atom stereocenters. The number of allylic oxidation sites excluding steroid dienone is 8. The normalized spacial score (nSPS) is 27.5. The summed E-state index contributed by atoms with van der Waals surface area (Å²) in [6, 6.07) is 0. The molecule has 1 N–H and O–H groups in total. The average Bonchev–Trinajstić information content (AvgIpc) is 3.30. The second kappa shape index (κ2) is 13.3. The van der Waals surface area contributed by atoms with Crippen molar-refractivity contribution in [2.75, 3.05) is 0 Å². The molecule has 0 aromatic heterocycles. The number of aliphatic hydroxyl groups is 1. The Kier molecular flexibility index (Phi) is 11.2. The van der Waals surface area contributed by atoms with Crippen LogP contribution in [0.5, 0.6) is 0 Å². The number of carbonyl (C=O) groups is 1. The highest BCUT2D eigenvalue weighted by Gasteiger charge is 2.38. The van der Waals surface area contributed by atoms with Crippen LogP contribution >= 0.6 is 0 Å². The van der Waals surface area contributed by atoms with E-state index in [9.17, 15) is 9.90 Å². The van der Waals surface area contributed by atoms with Gasteiger partial charge in [0.05, 0.1) is 6.10 Å². The lowest BCUT2D eigenvalue weighted by molar-refractivity contribution is -0.124. The first-order valence-corrected chi connectivity index (χ1v) is 13.0. The maximum absolute atomic E-state index is 13.4. The first-order chi connectivity index (χ1) is 15.2. The standard InChI is InChI=1S/C30H48O2/c1-21(2)9-7-10-23(5)14-16-26-18-20-28(30(26)32)27(19-13-22(3)4)24(6)15-17-25-11-8-12-29(25)31/h9,13-15,25-29,31H,7-8,10-12,16-20H2,1-6H3/b23-14+,24-15+. The Hall–Kier alpha value is -1.41. The first kappa shape index (κ1) is 26.8. The molecule has 2 heteroatoms. The van der Waals surface area contributed by atoms with Crippen molar-refractivity contribution < 1.29 is 9.90 Å². The Morgan fingerprint density at radius 1 is 0.906 bits per heavy atom. The van der Waals surface area contributed by atoms with Gasteiger partial charge in [-0.3, -0.25) is 4.79 Å². The van der Waals surface area contributed by atoms with E-state index in [-0.39, 0.29) is 17.9 Å². The van der Waals surface area contributed by atoms with E-state index in [1.165, 1.54) is 22.3 Å². The molecule has 2 aliphatic carbocycles. The second-order valence-electron chi connectivity index (χ2n) is 11.0. The molecule has 2 rings (SSSR count). The number of aliphatic hydroxyl groups excluding tert-OH is 1. The first-order valence-electron chi connectivity index (χ1n) is 13.0. The summed E-state index contributed by atoms with van der Waals surface area (Å²) in [5.74, 6) is 1.54. The molecule has 0 spiro atoms. The lowest BCUT2D eigenvalue weighted by atomic mass is 9.80. The fourth-order valence-corrected chi connectivity index (χ4v) is 5.45. The molecule has 2 nitrogen and oxygen atoms in total. The Morgan fingerprint density at radius 2 is 1.62 bits per heavy atom. The minimum Gasteiger partial charge on any atom is -0.393 e. The maximum Gasteiger partial charge on any atom is 0.139 e. The summed E-state index contributed by atoms with van der Waals surface area (Å²) >= 11 is 0. The van der Waals surface area contributed by atoms with Crippen LogP contribution in [0.15, 0.2) is 46.6 Å². The Morgan fingerprint density at radius 3 is 2.25 bits per heavy atom. The Bertz CT molecular complexity index is 728. The summed E-state index contributed by atoms with van der Waals surface area (Å²) in [6.07, 6.45) is 19.4. The minimum atomic E-state index is -0.139. The van der Waals surface area contributed by atoms with E-state index < -0.39 is 0 Å². The highest BCUT2D eigenvalue weighted by atomic mass is 16.3. The molecule has 2 fully saturated rings. The summed E-state index contributed by atoms with van der Waals surface area (Å²) in [5, 5.41) is 10.2. The van der Waals surface area contributed by atoms with Crippen molar-refractivity contribution in [1.82, 2.24) is 0 Å². The van der Waals surface area contributed by atoms with Gasteiger partial charge in [-0.25, -0.2) is 0 Å². The zero-order chi connectivity index (χ0) is 23.7. The molecule has 180 valence electrons. The molecule has 0 saturated heterocycles. The number of hydrogen-bond donors (Lipinski definition) is 1. The highest BCUT2D eigenvalue weighted by molar-refractivity contribution is 5.86. The average molecular weight is 441 g/mol. The smallest absolute Gasteiger partial charge is 0.139 e. The lowest BCUT2D eigenvalue weighted by Crippen LogP contribution is -2.23. The minimum absolute atomic E-state index is 0.139. The van der Waals surface area contributed by atoms with Gasteiger partial charge in [0.2, 0.25) is 0 Å². The third-order valence-corrected chi connectivity index (χ3v) is 7.65. The molecular weight excluding hydrogens is 392 g/mol. The van der Waals surface area contributed by atoms with Crippen molar-refractivity contribution in [3.05, 3.63) is 46.6 Å². The highest BCUT2D eigenvalue weighted by Crippen LogP contribution is 2.40. The number of rotatable bonds is 11. The maximum atomic E-state index is 13.4. The molecule has 0 heterocycles. The van der Waals surface area contributed by atoms with E-state index >= 15 is 0 Å². The van der Waals surface area contributed by atoms with Crippen LogP contribution in [-0.4, -0.2) is 17.0 Å². The molecule has 0 radical (unpaired) electrons. The molecule has 0 aromatic carbocycles. The largest absolute Gasteiger partial charge is 0.393 e. The van der Waals surface area contributed by atoms with E-state index in [0.29, 0.717) is 17.6 Å². The van der Waals surface area contributed by atoms with Gasteiger partial charge in [-0.2, -0.15) is 0 Å². The molecule has 0 aromatic rings. The van der Waals surface area contributed by atoms with Crippen LogP contribution < -0.4 is 0 Å². The van der Waals surface area contributed by atoms with Crippen LogP contribution in [0.3, 0.4) is 0 Å². The molecule has 0 bridgehead atoms. The van der Waals surface area contributed by atoms with Crippen LogP contribution in [0.25, 0.3) is 0 Å². The molecule has 32 heavy (non-hydrogen) atoms. The van der Waals surface area contributed by atoms with Crippen LogP contribution in [0.4, 0.5) is 0 Å². The molecule has 5 atom stereocenters. The second-order valence-corrected chi connectivity index (χ2v) is 11.0. The predicted octanol–water partition coefficient (Wildman–Crippen LogP) is 8.13. The van der Waals surface area contributed by atoms with E-state index in [2.05, 4.69) is 65.8 Å². The summed E-state index contributed by atoms with van der Waals surface area (Å²) < 4.78 is 0. The fraction of sp³-hybridized carbons (Fsp3) is 0.700. The lowest BCUT2D eigenvalue weighted by Gasteiger charge is -2.24. The Balaban J connectivity index is 2.02. The third-order valence-electron chi connectivity index (χ3n) is 7.65. The quantitative estimate of drug-likeness (QED) is 0.329. The molecule has 2 aliphatic rings.